The van der Waals surface area contributed by atoms with Crippen molar-refractivity contribution in [2.45, 2.75) is 26.7 Å². The van der Waals surface area contributed by atoms with Crippen molar-refractivity contribution in [3.05, 3.63) is 53.2 Å². The summed E-state index contributed by atoms with van der Waals surface area (Å²) in [6.07, 6.45) is 3.51. The minimum Gasteiger partial charge on any atom is -0.489 e. The van der Waals surface area contributed by atoms with E-state index in [1.807, 2.05) is 48.7 Å². The average molecular weight is 356 g/mol. The maximum atomic E-state index is 11.4. The Hall–Kier alpha value is -2.60. The lowest BCUT2D eigenvalue weighted by Crippen LogP contribution is -2.00. The van der Waals surface area contributed by atoms with Crippen molar-refractivity contribution in [3.8, 4) is 17.0 Å². The monoisotopic (exact) mass is 356 g/mol. The Balaban J connectivity index is 1.91. The van der Waals surface area contributed by atoms with Crippen molar-refractivity contribution in [2.75, 3.05) is 6.61 Å². The molecule has 6 heteroatoms. The van der Waals surface area contributed by atoms with Crippen LogP contribution in [0.15, 0.2) is 42.6 Å². The fourth-order valence-electron chi connectivity index (χ4n) is 2.59. The molecule has 0 bridgehead atoms. The third-order valence-corrected chi connectivity index (χ3v) is 4.82. The second kappa shape index (κ2) is 7.11. The zero-order valence-corrected chi connectivity index (χ0v) is 15.1. The Morgan fingerprint density at radius 3 is 2.68 bits per heavy atom. The number of hydrogen-bond donors (Lipinski definition) is 1. The van der Waals surface area contributed by atoms with Gasteiger partial charge in [-0.15, -0.1) is 0 Å². The Morgan fingerprint density at radius 2 is 2.08 bits per heavy atom. The van der Waals surface area contributed by atoms with Crippen LogP contribution in [-0.4, -0.2) is 27.1 Å². The molecule has 0 radical (unpaired) electrons. The van der Waals surface area contributed by atoms with Gasteiger partial charge in [0.1, 0.15) is 17.2 Å². The molecule has 130 valence electrons. The highest BCUT2D eigenvalue weighted by Crippen LogP contribution is 2.29. The second-order valence-corrected chi connectivity index (χ2v) is 6.96. The molecule has 5 nitrogen and oxygen atoms in total. The summed E-state index contributed by atoms with van der Waals surface area (Å²) in [5.41, 5.74) is 3.58. The molecule has 25 heavy (non-hydrogen) atoms. The van der Waals surface area contributed by atoms with Crippen molar-refractivity contribution in [1.82, 2.24) is 9.38 Å². The van der Waals surface area contributed by atoms with E-state index in [-0.39, 0.29) is 0 Å². The molecule has 0 unspecified atom stereocenters. The second-order valence-electron chi connectivity index (χ2n) is 5.98. The maximum Gasteiger partial charge on any atom is 0.347 e. The zero-order valence-electron chi connectivity index (χ0n) is 14.3. The predicted molar refractivity (Wildman–Crippen MR) is 99.8 cm³/mol. The van der Waals surface area contributed by atoms with Gasteiger partial charge in [0.15, 0.2) is 4.96 Å². The molecular formula is C19H20N2O3S. The van der Waals surface area contributed by atoms with E-state index in [0.29, 0.717) is 22.9 Å². The van der Waals surface area contributed by atoms with Gasteiger partial charge in [-0.25, -0.2) is 9.78 Å². The summed E-state index contributed by atoms with van der Waals surface area (Å²) in [5.74, 6) is -0.105. The number of hydrogen-bond acceptors (Lipinski definition) is 4. The van der Waals surface area contributed by atoms with Crippen LogP contribution in [0.5, 0.6) is 5.75 Å². The van der Waals surface area contributed by atoms with Crippen LogP contribution in [0, 0.1) is 0 Å². The molecule has 2 aromatic heterocycles. The number of benzene rings is 1. The van der Waals surface area contributed by atoms with Gasteiger partial charge in [-0.05, 0) is 43.2 Å². The summed E-state index contributed by atoms with van der Waals surface area (Å²) in [6.45, 7) is 8.28. The molecule has 0 aliphatic rings. The van der Waals surface area contributed by atoms with E-state index in [4.69, 9.17) is 4.74 Å². The number of carbonyl (C=O) groups is 1. The first kappa shape index (κ1) is 17.2. The first-order valence-electron chi connectivity index (χ1n) is 8.11. The molecule has 3 aromatic rings. The smallest absolute Gasteiger partial charge is 0.347 e. The van der Waals surface area contributed by atoms with Gasteiger partial charge in [-0.3, -0.25) is 4.40 Å². The Labute approximate surface area is 150 Å². The van der Waals surface area contributed by atoms with Gasteiger partial charge in [0, 0.05) is 17.5 Å². The van der Waals surface area contributed by atoms with Gasteiger partial charge >= 0.3 is 5.97 Å². The first-order valence-corrected chi connectivity index (χ1v) is 8.93. The van der Waals surface area contributed by atoms with Crippen LogP contribution < -0.4 is 4.74 Å². The van der Waals surface area contributed by atoms with Crippen molar-refractivity contribution in [1.29, 1.82) is 0 Å². The molecule has 0 amide bonds. The molecule has 0 spiro atoms. The minimum atomic E-state index is -0.889. The van der Waals surface area contributed by atoms with E-state index in [1.54, 1.807) is 0 Å². The summed E-state index contributed by atoms with van der Waals surface area (Å²) in [5, 5.41) is 9.37. The fourth-order valence-corrected chi connectivity index (χ4v) is 3.59. The van der Waals surface area contributed by atoms with Gasteiger partial charge in [0.25, 0.3) is 0 Å². The quantitative estimate of drug-likeness (QED) is 0.625. The topological polar surface area (TPSA) is 63.8 Å². The van der Waals surface area contributed by atoms with E-state index in [0.717, 1.165) is 34.7 Å². The Kier molecular flexibility index (Phi) is 4.90. The Morgan fingerprint density at radius 1 is 1.36 bits per heavy atom. The molecule has 0 saturated carbocycles. The molecule has 2 heterocycles. The van der Waals surface area contributed by atoms with E-state index in [2.05, 4.69) is 11.6 Å². The summed E-state index contributed by atoms with van der Waals surface area (Å²) in [7, 11) is 0. The van der Waals surface area contributed by atoms with Gasteiger partial charge in [0.2, 0.25) is 0 Å². The summed E-state index contributed by atoms with van der Waals surface area (Å²) in [6, 6.07) is 7.72. The lowest BCUT2D eigenvalue weighted by Gasteiger charge is -2.06. The highest BCUT2D eigenvalue weighted by Gasteiger charge is 2.19. The van der Waals surface area contributed by atoms with Gasteiger partial charge in [0.05, 0.1) is 5.69 Å². The number of carboxylic acids is 1. The normalized spacial score (nSPS) is 11.0. The van der Waals surface area contributed by atoms with Crippen LogP contribution in [0.2, 0.25) is 0 Å². The SMILES string of the molecule is C=C(C)COc1ccc(-c2cn3c(CCC)c(C(=O)O)sc3n2)cc1. The number of fused-ring (bicyclic) bond motifs is 1. The van der Waals surface area contributed by atoms with Crippen LogP contribution >= 0.6 is 11.3 Å². The predicted octanol–water partition coefficient (Wildman–Crippen LogP) is 4.67. The lowest BCUT2D eigenvalue weighted by atomic mass is 10.1. The number of carboxylic acid groups (broad SMARTS) is 1. The van der Waals surface area contributed by atoms with Crippen LogP contribution in [0.1, 0.15) is 35.6 Å². The number of thiazole rings is 1. The Bertz CT molecular complexity index is 922. The van der Waals surface area contributed by atoms with Crippen molar-refractivity contribution >= 4 is 22.3 Å². The van der Waals surface area contributed by atoms with Gasteiger partial charge in [-0.2, -0.15) is 0 Å². The summed E-state index contributed by atoms with van der Waals surface area (Å²) < 4.78 is 7.51. The molecule has 3 rings (SSSR count). The van der Waals surface area contributed by atoms with Crippen LogP contribution in [-0.2, 0) is 6.42 Å². The van der Waals surface area contributed by atoms with Crippen molar-refractivity contribution in [3.63, 3.8) is 0 Å². The summed E-state index contributed by atoms with van der Waals surface area (Å²) in [4.78, 5) is 17.1. The van der Waals surface area contributed by atoms with Crippen LogP contribution in [0.3, 0.4) is 0 Å². The van der Waals surface area contributed by atoms with Crippen LogP contribution in [0.25, 0.3) is 16.2 Å². The highest BCUT2D eigenvalue weighted by molar-refractivity contribution is 7.19. The molecule has 0 aliphatic carbocycles. The minimum absolute atomic E-state index is 0.374. The number of ether oxygens (including phenoxy) is 1. The molecule has 1 N–H and O–H groups in total. The zero-order chi connectivity index (χ0) is 18.0. The summed E-state index contributed by atoms with van der Waals surface area (Å²) >= 11 is 1.22. The van der Waals surface area contributed by atoms with E-state index in [1.165, 1.54) is 11.3 Å². The third-order valence-electron chi connectivity index (χ3n) is 3.74. The standard InChI is InChI=1S/C19H20N2O3S/c1-4-5-16-17(18(22)23)25-19-20-15(10-21(16)19)13-6-8-14(9-7-13)24-11-12(2)3/h6-10H,2,4-5,11H2,1,3H3,(H,22,23). The largest absolute Gasteiger partial charge is 0.489 e. The maximum absolute atomic E-state index is 11.4. The van der Waals surface area contributed by atoms with Crippen molar-refractivity contribution < 1.29 is 14.6 Å². The van der Waals surface area contributed by atoms with Gasteiger partial charge < -0.3 is 9.84 Å². The number of aromatic carboxylic acids is 1. The molecule has 0 fully saturated rings. The number of aromatic nitrogens is 2. The number of nitrogens with zero attached hydrogens (tertiary/aromatic N) is 2. The van der Waals surface area contributed by atoms with Crippen molar-refractivity contribution in [2.24, 2.45) is 0 Å². The third kappa shape index (κ3) is 3.58. The molecule has 0 saturated heterocycles. The lowest BCUT2D eigenvalue weighted by molar-refractivity contribution is 0.0700. The van der Waals surface area contributed by atoms with E-state index in [9.17, 15) is 9.90 Å². The first-order chi connectivity index (χ1) is 12.0. The number of aryl methyl sites for hydroxylation is 1. The molecule has 0 aliphatic heterocycles. The van der Waals surface area contributed by atoms with E-state index < -0.39 is 5.97 Å². The van der Waals surface area contributed by atoms with E-state index >= 15 is 0 Å². The fraction of sp³-hybridized carbons (Fsp3) is 0.263. The highest BCUT2D eigenvalue weighted by atomic mass is 32.1. The molecule has 1 aromatic carbocycles. The van der Waals surface area contributed by atoms with Crippen LogP contribution in [0.4, 0.5) is 0 Å². The molecular weight excluding hydrogens is 336 g/mol. The number of rotatable bonds is 7. The number of imidazole rings is 1. The van der Waals surface area contributed by atoms with Gasteiger partial charge in [-0.1, -0.05) is 31.3 Å². The average Bonchev–Trinajstić information content (AvgIpc) is 3.13. The molecule has 0 atom stereocenters.